The zero-order chi connectivity index (χ0) is 11.3. The van der Waals surface area contributed by atoms with Crippen LogP contribution in [0.25, 0.3) is 0 Å². The number of rotatable bonds is 4. The molecular weight excluding hydrogens is 190 g/mol. The maximum Gasteiger partial charge on any atom is 0.218 e. The Hall–Kier alpha value is -1.39. The fraction of sp³-hybridized carbons (Fsp3) is 0.364. The third-order valence-electron chi connectivity index (χ3n) is 2.01. The van der Waals surface area contributed by atoms with E-state index in [2.05, 4.69) is 10.4 Å². The first-order chi connectivity index (χ1) is 7.19. The van der Waals surface area contributed by atoms with Crippen LogP contribution in [-0.4, -0.2) is 12.1 Å². The van der Waals surface area contributed by atoms with Crippen molar-refractivity contribution in [3.05, 3.63) is 35.5 Å². The molecule has 0 aliphatic heterocycles. The van der Waals surface area contributed by atoms with Gasteiger partial charge >= 0.3 is 0 Å². The third-order valence-corrected chi connectivity index (χ3v) is 2.01. The van der Waals surface area contributed by atoms with Gasteiger partial charge in [0.2, 0.25) is 5.88 Å². The molecule has 0 radical (unpaired) electrons. The number of nitrogens with two attached hydrogens (primary N) is 1. The summed E-state index contributed by atoms with van der Waals surface area (Å²) in [4.78, 5) is 4.13. The zero-order valence-electron chi connectivity index (χ0n) is 9.32. The van der Waals surface area contributed by atoms with E-state index in [0.29, 0.717) is 5.88 Å². The molecule has 1 unspecified atom stereocenters. The van der Waals surface area contributed by atoms with Gasteiger partial charge in [0.25, 0.3) is 0 Å². The number of ether oxygens (including phenoxy) is 1. The Bertz CT molecular complexity index is 345. The molecule has 0 aromatic carbocycles. The zero-order valence-corrected chi connectivity index (χ0v) is 9.32. The number of aromatic nitrogens is 1. The van der Waals surface area contributed by atoms with E-state index in [1.165, 1.54) is 5.57 Å². The highest BCUT2D eigenvalue weighted by atomic mass is 16.5. The molecule has 1 aromatic rings. The minimum atomic E-state index is -0.0707. The van der Waals surface area contributed by atoms with Crippen LogP contribution in [0.5, 0.6) is 5.88 Å². The standard InChI is InChI=1S/C11H17N3O/c1-8(2)7-10(14-12)9-5-4-6-13-11(9)15-3/h4-7,10,14H,12H2,1-3H3. The average Bonchev–Trinajstić information content (AvgIpc) is 2.25. The Kier molecular flexibility index (Phi) is 4.27. The number of hydrazine groups is 1. The Balaban J connectivity index is 3.06. The molecule has 0 fully saturated rings. The van der Waals surface area contributed by atoms with Gasteiger partial charge in [0.1, 0.15) is 0 Å². The number of hydrogen-bond donors (Lipinski definition) is 2. The van der Waals surface area contributed by atoms with Crippen molar-refractivity contribution in [1.29, 1.82) is 0 Å². The molecule has 0 saturated carbocycles. The van der Waals surface area contributed by atoms with Crippen LogP contribution in [0.3, 0.4) is 0 Å². The molecule has 1 aromatic heterocycles. The lowest BCUT2D eigenvalue weighted by Crippen LogP contribution is -2.27. The molecular formula is C11H17N3O. The molecule has 4 nitrogen and oxygen atoms in total. The summed E-state index contributed by atoms with van der Waals surface area (Å²) in [5.41, 5.74) is 4.85. The summed E-state index contributed by atoms with van der Waals surface area (Å²) in [6.07, 6.45) is 3.72. The highest BCUT2D eigenvalue weighted by Crippen LogP contribution is 2.23. The van der Waals surface area contributed by atoms with Gasteiger partial charge in [-0.2, -0.15) is 0 Å². The first-order valence-electron chi connectivity index (χ1n) is 4.79. The number of methoxy groups -OCH3 is 1. The van der Waals surface area contributed by atoms with Gasteiger partial charge in [0, 0.05) is 11.8 Å². The number of pyridine rings is 1. The quantitative estimate of drug-likeness (QED) is 0.447. The lowest BCUT2D eigenvalue weighted by molar-refractivity contribution is 0.388. The van der Waals surface area contributed by atoms with Crippen LogP contribution in [0.2, 0.25) is 0 Å². The normalized spacial score (nSPS) is 12.0. The Labute approximate surface area is 90.1 Å². The van der Waals surface area contributed by atoms with Crippen LogP contribution < -0.4 is 16.0 Å². The molecule has 15 heavy (non-hydrogen) atoms. The van der Waals surface area contributed by atoms with Crippen LogP contribution in [-0.2, 0) is 0 Å². The average molecular weight is 207 g/mol. The number of nitrogens with one attached hydrogen (secondary N) is 1. The van der Waals surface area contributed by atoms with Gasteiger partial charge in [-0.1, -0.05) is 17.7 Å². The largest absolute Gasteiger partial charge is 0.481 e. The molecule has 1 heterocycles. The first-order valence-corrected chi connectivity index (χ1v) is 4.79. The molecule has 4 heteroatoms. The van der Waals surface area contributed by atoms with E-state index in [1.54, 1.807) is 13.3 Å². The van der Waals surface area contributed by atoms with Gasteiger partial charge in [0.15, 0.2) is 0 Å². The predicted molar refractivity (Wildman–Crippen MR) is 60.3 cm³/mol. The van der Waals surface area contributed by atoms with E-state index in [1.807, 2.05) is 32.1 Å². The topological polar surface area (TPSA) is 60.2 Å². The van der Waals surface area contributed by atoms with Gasteiger partial charge in [-0.05, 0) is 19.9 Å². The Morgan fingerprint density at radius 3 is 2.87 bits per heavy atom. The lowest BCUT2D eigenvalue weighted by Gasteiger charge is -2.15. The van der Waals surface area contributed by atoms with Gasteiger partial charge in [-0.25, -0.2) is 10.4 Å². The fourth-order valence-corrected chi connectivity index (χ4v) is 1.37. The van der Waals surface area contributed by atoms with Gasteiger partial charge < -0.3 is 4.74 Å². The van der Waals surface area contributed by atoms with Crippen molar-refractivity contribution in [3.63, 3.8) is 0 Å². The van der Waals surface area contributed by atoms with Gasteiger partial charge in [-0.3, -0.25) is 5.84 Å². The lowest BCUT2D eigenvalue weighted by atomic mass is 10.1. The van der Waals surface area contributed by atoms with Crippen LogP contribution in [0.15, 0.2) is 30.0 Å². The molecule has 0 amide bonds. The molecule has 0 spiro atoms. The van der Waals surface area contributed by atoms with Crippen molar-refractivity contribution < 1.29 is 4.74 Å². The second-order valence-corrected chi connectivity index (χ2v) is 3.49. The van der Waals surface area contributed by atoms with E-state index in [4.69, 9.17) is 10.6 Å². The van der Waals surface area contributed by atoms with Crippen molar-refractivity contribution >= 4 is 0 Å². The van der Waals surface area contributed by atoms with E-state index >= 15 is 0 Å². The molecule has 1 atom stereocenters. The summed E-state index contributed by atoms with van der Waals surface area (Å²) >= 11 is 0. The summed E-state index contributed by atoms with van der Waals surface area (Å²) in [6.45, 7) is 4.04. The van der Waals surface area contributed by atoms with E-state index in [0.717, 1.165) is 5.56 Å². The molecule has 0 saturated heterocycles. The predicted octanol–water partition coefficient (Wildman–Crippen LogP) is 1.56. The number of nitrogens with zero attached hydrogens (tertiary/aromatic N) is 1. The maximum absolute atomic E-state index is 5.50. The summed E-state index contributed by atoms with van der Waals surface area (Å²) in [6, 6.07) is 3.73. The van der Waals surface area contributed by atoms with Gasteiger partial charge in [0.05, 0.1) is 13.2 Å². The third kappa shape index (κ3) is 3.04. The molecule has 3 N–H and O–H groups in total. The minimum Gasteiger partial charge on any atom is -0.481 e. The number of allylic oxidation sites excluding steroid dienone is 1. The van der Waals surface area contributed by atoms with Gasteiger partial charge in [-0.15, -0.1) is 0 Å². The number of hydrogen-bond acceptors (Lipinski definition) is 4. The SMILES string of the molecule is COc1ncccc1C(C=C(C)C)NN. The first kappa shape index (κ1) is 11.7. The molecule has 0 bridgehead atoms. The van der Waals surface area contributed by atoms with Crippen molar-refractivity contribution in [2.45, 2.75) is 19.9 Å². The summed E-state index contributed by atoms with van der Waals surface area (Å²) in [7, 11) is 1.60. The van der Waals surface area contributed by atoms with Crippen LogP contribution in [0.1, 0.15) is 25.5 Å². The van der Waals surface area contributed by atoms with Crippen LogP contribution in [0.4, 0.5) is 0 Å². The second kappa shape index (κ2) is 5.48. The summed E-state index contributed by atoms with van der Waals surface area (Å²) in [5.74, 6) is 6.09. The van der Waals surface area contributed by atoms with Crippen LogP contribution >= 0.6 is 0 Å². The monoisotopic (exact) mass is 207 g/mol. The maximum atomic E-state index is 5.50. The Morgan fingerprint density at radius 2 is 2.33 bits per heavy atom. The molecule has 1 rings (SSSR count). The molecule has 0 aliphatic rings. The molecule has 82 valence electrons. The van der Waals surface area contributed by atoms with E-state index < -0.39 is 0 Å². The Morgan fingerprint density at radius 1 is 1.60 bits per heavy atom. The summed E-state index contributed by atoms with van der Waals surface area (Å²) in [5, 5.41) is 0. The van der Waals surface area contributed by atoms with Crippen molar-refractivity contribution in [2.24, 2.45) is 5.84 Å². The highest BCUT2D eigenvalue weighted by Gasteiger charge is 2.12. The van der Waals surface area contributed by atoms with Crippen molar-refractivity contribution in [2.75, 3.05) is 7.11 Å². The van der Waals surface area contributed by atoms with Crippen molar-refractivity contribution in [3.8, 4) is 5.88 Å². The van der Waals surface area contributed by atoms with E-state index in [-0.39, 0.29) is 6.04 Å². The van der Waals surface area contributed by atoms with E-state index in [9.17, 15) is 0 Å². The summed E-state index contributed by atoms with van der Waals surface area (Å²) < 4.78 is 5.17. The highest BCUT2D eigenvalue weighted by molar-refractivity contribution is 5.32. The second-order valence-electron chi connectivity index (χ2n) is 3.49. The fourth-order valence-electron chi connectivity index (χ4n) is 1.37. The smallest absolute Gasteiger partial charge is 0.218 e. The van der Waals surface area contributed by atoms with Crippen LogP contribution in [0, 0.1) is 0 Å². The molecule has 0 aliphatic carbocycles. The van der Waals surface area contributed by atoms with Crippen molar-refractivity contribution in [1.82, 2.24) is 10.4 Å². The minimum absolute atomic E-state index is 0.0707.